The molecular weight excluding hydrogens is 292 g/mol. The summed E-state index contributed by atoms with van der Waals surface area (Å²) in [5.74, 6) is 0.292. The van der Waals surface area contributed by atoms with E-state index in [2.05, 4.69) is 25.5 Å². The smallest absolute Gasteiger partial charge is 0.272 e. The topological polar surface area (TPSA) is 85.1 Å². The maximum absolute atomic E-state index is 12.1. The molecular formula is C13H11ClN6O. The second-order valence-electron chi connectivity index (χ2n) is 4.41. The Labute approximate surface area is 125 Å². The van der Waals surface area contributed by atoms with Crippen LogP contribution in [-0.4, -0.2) is 30.5 Å². The first kappa shape index (κ1) is 13.4. The fourth-order valence-corrected chi connectivity index (χ4v) is 2.02. The van der Waals surface area contributed by atoms with Gasteiger partial charge in [-0.3, -0.25) is 9.20 Å². The molecule has 0 saturated carbocycles. The summed E-state index contributed by atoms with van der Waals surface area (Å²) in [5.41, 5.74) is 0.917. The first-order valence-corrected chi connectivity index (χ1v) is 6.61. The lowest BCUT2D eigenvalue weighted by Gasteiger charge is -2.11. The molecule has 0 aliphatic rings. The van der Waals surface area contributed by atoms with E-state index in [9.17, 15) is 4.79 Å². The molecule has 1 amide bonds. The largest absolute Gasteiger partial charge is 0.341 e. The standard InChI is InChI=1S/C13H11ClN6O/c1-8(12-19-18-11-4-2-3-5-20(11)12)17-13(21)9-6-16-10(14)7-15-9/h2-8H,1H3,(H,17,21). The van der Waals surface area contributed by atoms with Gasteiger partial charge in [-0.15, -0.1) is 10.2 Å². The number of hydrogen-bond acceptors (Lipinski definition) is 5. The third-order valence-electron chi connectivity index (χ3n) is 2.93. The van der Waals surface area contributed by atoms with Crippen LogP contribution >= 0.6 is 11.6 Å². The van der Waals surface area contributed by atoms with Gasteiger partial charge in [0.15, 0.2) is 11.5 Å². The molecule has 0 radical (unpaired) electrons. The highest BCUT2D eigenvalue weighted by Crippen LogP contribution is 2.12. The molecule has 21 heavy (non-hydrogen) atoms. The molecule has 3 heterocycles. The Morgan fingerprint density at radius 2 is 2.14 bits per heavy atom. The predicted molar refractivity (Wildman–Crippen MR) is 75.9 cm³/mol. The molecule has 0 bridgehead atoms. The van der Waals surface area contributed by atoms with Gasteiger partial charge in [0.1, 0.15) is 10.8 Å². The van der Waals surface area contributed by atoms with Crippen molar-refractivity contribution < 1.29 is 4.79 Å². The molecule has 1 unspecified atom stereocenters. The summed E-state index contributed by atoms with van der Waals surface area (Å²) in [6, 6.07) is 5.27. The van der Waals surface area contributed by atoms with Crippen molar-refractivity contribution in [3.05, 3.63) is 53.5 Å². The molecule has 0 spiro atoms. The van der Waals surface area contributed by atoms with E-state index < -0.39 is 0 Å². The highest BCUT2D eigenvalue weighted by Gasteiger charge is 2.17. The van der Waals surface area contributed by atoms with E-state index in [0.717, 1.165) is 5.65 Å². The maximum Gasteiger partial charge on any atom is 0.272 e. The number of fused-ring (bicyclic) bond motifs is 1. The molecule has 8 heteroatoms. The number of halogens is 1. The molecule has 0 aromatic carbocycles. The summed E-state index contributed by atoms with van der Waals surface area (Å²) in [4.78, 5) is 19.8. The molecule has 7 nitrogen and oxygen atoms in total. The van der Waals surface area contributed by atoms with Crippen LogP contribution in [0.1, 0.15) is 29.3 Å². The van der Waals surface area contributed by atoms with Crippen molar-refractivity contribution in [1.82, 2.24) is 29.9 Å². The number of hydrogen-bond donors (Lipinski definition) is 1. The average molecular weight is 303 g/mol. The van der Waals surface area contributed by atoms with Gasteiger partial charge >= 0.3 is 0 Å². The quantitative estimate of drug-likeness (QED) is 0.795. The fourth-order valence-electron chi connectivity index (χ4n) is 1.92. The Morgan fingerprint density at radius 3 is 2.90 bits per heavy atom. The number of amides is 1. The number of carbonyl (C=O) groups is 1. The van der Waals surface area contributed by atoms with Gasteiger partial charge in [-0.05, 0) is 19.1 Å². The molecule has 3 aromatic rings. The second-order valence-corrected chi connectivity index (χ2v) is 4.79. The third-order valence-corrected chi connectivity index (χ3v) is 3.12. The minimum absolute atomic E-state index is 0.195. The molecule has 106 valence electrons. The van der Waals surface area contributed by atoms with E-state index in [-0.39, 0.29) is 22.8 Å². The van der Waals surface area contributed by atoms with Crippen molar-refractivity contribution >= 4 is 23.2 Å². The second kappa shape index (κ2) is 5.45. The molecule has 0 aliphatic heterocycles. The van der Waals surface area contributed by atoms with Crippen LogP contribution in [0.2, 0.25) is 5.15 Å². The van der Waals surface area contributed by atoms with E-state index in [0.29, 0.717) is 5.82 Å². The van der Waals surface area contributed by atoms with Crippen LogP contribution in [0.5, 0.6) is 0 Å². The molecule has 1 N–H and O–H groups in total. The first-order valence-electron chi connectivity index (χ1n) is 6.23. The van der Waals surface area contributed by atoms with Gasteiger partial charge < -0.3 is 5.32 Å². The number of pyridine rings is 1. The van der Waals surface area contributed by atoms with Crippen molar-refractivity contribution in [2.24, 2.45) is 0 Å². The maximum atomic E-state index is 12.1. The Morgan fingerprint density at radius 1 is 1.29 bits per heavy atom. The van der Waals surface area contributed by atoms with Crippen LogP contribution in [0.4, 0.5) is 0 Å². The Balaban J connectivity index is 1.81. The van der Waals surface area contributed by atoms with Crippen LogP contribution in [0, 0.1) is 0 Å². The fraction of sp³-hybridized carbons (Fsp3) is 0.154. The van der Waals surface area contributed by atoms with Gasteiger partial charge in [0.05, 0.1) is 18.4 Å². The van der Waals surface area contributed by atoms with Crippen LogP contribution in [-0.2, 0) is 0 Å². The third kappa shape index (κ3) is 2.68. The zero-order chi connectivity index (χ0) is 14.8. The van der Waals surface area contributed by atoms with Crippen molar-refractivity contribution in [1.29, 1.82) is 0 Å². The SMILES string of the molecule is CC(NC(=O)c1cnc(Cl)cn1)c1nnc2ccccn12. The van der Waals surface area contributed by atoms with Gasteiger partial charge in [0, 0.05) is 6.20 Å². The van der Waals surface area contributed by atoms with Gasteiger partial charge in [-0.1, -0.05) is 17.7 Å². The lowest BCUT2D eigenvalue weighted by molar-refractivity contribution is 0.0932. The summed E-state index contributed by atoms with van der Waals surface area (Å²) in [6.07, 6.45) is 4.50. The van der Waals surface area contributed by atoms with Crippen LogP contribution < -0.4 is 5.32 Å². The number of aromatic nitrogens is 5. The van der Waals surface area contributed by atoms with E-state index in [1.165, 1.54) is 12.4 Å². The van der Waals surface area contributed by atoms with E-state index >= 15 is 0 Å². The zero-order valence-electron chi connectivity index (χ0n) is 11.1. The molecule has 1 atom stereocenters. The van der Waals surface area contributed by atoms with Gasteiger partial charge in [-0.25, -0.2) is 9.97 Å². The highest BCUT2D eigenvalue weighted by atomic mass is 35.5. The number of nitrogens with one attached hydrogen (secondary N) is 1. The Bertz CT molecular complexity index is 785. The summed E-state index contributed by atoms with van der Waals surface area (Å²) < 4.78 is 1.82. The molecule has 0 fully saturated rings. The molecule has 0 aliphatic carbocycles. The van der Waals surface area contributed by atoms with E-state index in [1.807, 2.05) is 35.7 Å². The lowest BCUT2D eigenvalue weighted by Crippen LogP contribution is -2.28. The van der Waals surface area contributed by atoms with Crippen molar-refractivity contribution in [3.63, 3.8) is 0 Å². The molecule has 3 rings (SSSR count). The molecule has 3 aromatic heterocycles. The average Bonchev–Trinajstić information content (AvgIpc) is 2.92. The first-order chi connectivity index (χ1) is 10.1. The zero-order valence-corrected chi connectivity index (χ0v) is 11.8. The normalized spacial score (nSPS) is 12.3. The summed E-state index contributed by atoms with van der Waals surface area (Å²) >= 11 is 5.64. The number of carbonyl (C=O) groups excluding carboxylic acids is 1. The monoisotopic (exact) mass is 302 g/mol. The van der Waals surface area contributed by atoms with Crippen LogP contribution in [0.25, 0.3) is 5.65 Å². The highest BCUT2D eigenvalue weighted by molar-refractivity contribution is 6.29. The Kier molecular flexibility index (Phi) is 3.49. The summed E-state index contributed by atoms with van der Waals surface area (Å²) in [7, 11) is 0. The summed E-state index contributed by atoms with van der Waals surface area (Å²) in [5, 5.41) is 11.2. The van der Waals surface area contributed by atoms with Crippen LogP contribution in [0.3, 0.4) is 0 Å². The lowest BCUT2D eigenvalue weighted by atomic mass is 10.3. The van der Waals surface area contributed by atoms with Crippen LogP contribution in [0.15, 0.2) is 36.8 Å². The van der Waals surface area contributed by atoms with Crippen molar-refractivity contribution in [2.75, 3.05) is 0 Å². The van der Waals surface area contributed by atoms with Gasteiger partial charge in [0.2, 0.25) is 0 Å². The summed E-state index contributed by atoms with van der Waals surface area (Å²) in [6.45, 7) is 1.82. The number of rotatable bonds is 3. The van der Waals surface area contributed by atoms with E-state index in [1.54, 1.807) is 0 Å². The van der Waals surface area contributed by atoms with E-state index in [4.69, 9.17) is 11.6 Å². The van der Waals surface area contributed by atoms with Gasteiger partial charge in [-0.2, -0.15) is 0 Å². The number of nitrogens with zero attached hydrogens (tertiary/aromatic N) is 5. The minimum atomic E-state index is -0.348. The van der Waals surface area contributed by atoms with Gasteiger partial charge in [0.25, 0.3) is 5.91 Å². The van der Waals surface area contributed by atoms with Crippen molar-refractivity contribution in [2.45, 2.75) is 13.0 Å². The minimum Gasteiger partial charge on any atom is -0.341 e. The van der Waals surface area contributed by atoms with Crippen molar-refractivity contribution in [3.8, 4) is 0 Å². The molecule has 0 saturated heterocycles. The predicted octanol–water partition coefficient (Wildman–Crippen LogP) is 1.66. The Hall–Kier alpha value is -2.54.